The first-order valence-electron chi connectivity index (χ1n) is 10.1. The van der Waals surface area contributed by atoms with Crippen LogP contribution in [0, 0.1) is 12.7 Å². The van der Waals surface area contributed by atoms with E-state index in [4.69, 9.17) is 0 Å². The summed E-state index contributed by atoms with van der Waals surface area (Å²) >= 11 is 0. The van der Waals surface area contributed by atoms with Gasteiger partial charge in [-0.2, -0.15) is 4.31 Å². The summed E-state index contributed by atoms with van der Waals surface area (Å²) in [5, 5.41) is 0. The van der Waals surface area contributed by atoms with Gasteiger partial charge in [0.2, 0.25) is 20.0 Å². The zero-order chi connectivity index (χ0) is 22.9. The number of aryl methyl sites for hydroxylation is 1. The van der Waals surface area contributed by atoms with Crippen LogP contribution in [-0.4, -0.2) is 27.7 Å². The fourth-order valence-electron chi connectivity index (χ4n) is 3.67. The summed E-state index contributed by atoms with van der Waals surface area (Å²) in [7, 11) is -7.37. The van der Waals surface area contributed by atoms with Gasteiger partial charge in [-0.05, 0) is 66.4 Å². The van der Waals surface area contributed by atoms with Gasteiger partial charge in [0.05, 0.1) is 10.6 Å². The first kappa shape index (κ1) is 22.4. The number of hydrogen-bond donors (Lipinski definition) is 1. The van der Waals surface area contributed by atoms with Crippen molar-refractivity contribution >= 4 is 25.7 Å². The Bertz CT molecular complexity index is 1340. The first-order chi connectivity index (χ1) is 15.1. The SMILES string of the molecule is Cc1ccc(S(=O)(=O)N2CCc3ccc(NS(=O)(=O)Cc4ccc(F)cc4)cc3C2)cc1. The molecule has 32 heavy (non-hydrogen) atoms. The Morgan fingerprint density at radius 3 is 2.28 bits per heavy atom. The van der Waals surface area contributed by atoms with Crippen molar-refractivity contribution in [2.45, 2.75) is 30.5 Å². The minimum absolute atomic E-state index is 0.166. The van der Waals surface area contributed by atoms with E-state index in [-0.39, 0.29) is 17.2 Å². The van der Waals surface area contributed by atoms with Crippen LogP contribution < -0.4 is 4.72 Å². The minimum atomic E-state index is -3.72. The highest BCUT2D eigenvalue weighted by Crippen LogP contribution is 2.28. The van der Waals surface area contributed by atoms with Crippen LogP contribution in [0.5, 0.6) is 0 Å². The van der Waals surface area contributed by atoms with Gasteiger partial charge in [0.15, 0.2) is 0 Å². The van der Waals surface area contributed by atoms with E-state index in [0.29, 0.717) is 24.2 Å². The summed E-state index contributed by atoms with van der Waals surface area (Å²) in [5.74, 6) is -0.725. The Morgan fingerprint density at radius 2 is 1.59 bits per heavy atom. The number of halogens is 1. The van der Waals surface area contributed by atoms with Crippen LogP contribution in [0.15, 0.2) is 71.6 Å². The number of anilines is 1. The van der Waals surface area contributed by atoms with Gasteiger partial charge < -0.3 is 0 Å². The number of nitrogens with one attached hydrogen (secondary N) is 1. The van der Waals surface area contributed by atoms with E-state index in [1.165, 1.54) is 28.6 Å². The summed E-state index contributed by atoms with van der Waals surface area (Å²) in [5.41, 5.74) is 3.55. The predicted molar refractivity (Wildman–Crippen MR) is 122 cm³/mol. The maximum atomic E-state index is 13.1. The highest BCUT2D eigenvalue weighted by atomic mass is 32.2. The highest BCUT2D eigenvalue weighted by molar-refractivity contribution is 7.91. The summed E-state index contributed by atoms with van der Waals surface area (Å²) in [6, 6.07) is 17.2. The van der Waals surface area contributed by atoms with Crippen molar-refractivity contribution in [1.29, 1.82) is 0 Å². The molecule has 4 rings (SSSR count). The van der Waals surface area contributed by atoms with Crippen LogP contribution in [0.3, 0.4) is 0 Å². The smallest absolute Gasteiger partial charge is 0.243 e. The Kier molecular flexibility index (Phi) is 6.07. The molecule has 3 aromatic rings. The summed E-state index contributed by atoms with van der Waals surface area (Å²) < 4.78 is 68.2. The molecule has 1 aliphatic heterocycles. The zero-order valence-corrected chi connectivity index (χ0v) is 19.1. The largest absolute Gasteiger partial charge is 0.283 e. The Balaban J connectivity index is 1.52. The molecule has 0 spiro atoms. The number of nitrogens with zero attached hydrogens (tertiary/aromatic N) is 1. The molecule has 168 valence electrons. The molecule has 0 atom stereocenters. The van der Waals surface area contributed by atoms with Gasteiger partial charge in [-0.25, -0.2) is 21.2 Å². The van der Waals surface area contributed by atoms with E-state index in [9.17, 15) is 21.2 Å². The molecule has 0 bridgehead atoms. The van der Waals surface area contributed by atoms with Crippen molar-refractivity contribution in [3.63, 3.8) is 0 Å². The second-order valence-corrected chi connectivity index (χ2v) is 11.5. The van der Waals surface area contributed by atoms with E-state index < -0.39 is 25.9 Å². The molecule has 0 unspecified atom stereocenters. The van der Waals surface area contributed by atoms with Crippen molar-refractivity contribution in [2.75, 3.05) is 11.3 Å². The highest BCUT2D eigenvalue weighted by Gasteiger charge is 2.28. The zero-order valence-electron chi connectivity index (χ0n) is 17.5. The molecule has 0 aliphatic carbocycles. The quantitative estimate of drug-likeness (QED) is 0.589. The lowest BCUT2D eigenvalue weighted by molar-refractivity contribution is 0.391. The topological polar surface area (TPSA) is 83.6 Å². The molecule has 0 saturated heterocycles. The average Bonchev–Trinajstić information content (AvgIpc) is 2.74. The van der Waals surface area contributed by atoms with Gasteiger partial charge in [0, 0.05) is 18.8 Å². The van der Waals surface area contributed by atoms with Crippen LogP contribution >= 0.6 is 0 Å². The third kappa shape index (κ3) is 5.01. The molecule has 1 N–H and O–H groups in total. The molecule has 1 heterocycles. The maximum absolute atomic E-state index is 13.1. The molecule has 0 fully saturated rings. The molecule has 0 radical (unpaired) electrons. The van der Waals surface area contributed by atoms with Crippen molar-refractivity contribution in [3.05, 3.63) is 94.8 Å². The van der Waals surface area contributed by atoms with Gasteiger partial charge >= 0.3 is 0 Å². The lowest BCUT2D eigenvalue weighted by Crippen LogP contribution is -2.36. The molecular weight excluding hydrogens is 451 g/mol. The fourth-order valence-corrected chi connectivity index (χ4v) is 6.28. The Morgan fingerprint density at radius 1 is 0.906 bits per heavy atom. The number of rotatable bonds is 6. The third-order valence-corrected chi connectivity index (χ3v) is 8.51. The van der Waals surface area contributed by atoms with Crippen LogP contribution in [0.1, 0.15) is 22.3 Å². The standard InChI is InChI=1S/C23H23FN2O4S2/c1-17-2-10-23(11-3-17)32(29,30)26-13-12-19-6-9-22(14-20(19)15-26)25-31(27,28)16-18-4-7-21(24)8-5-18/h2-11,14,25H,12-13,15-16H2,1H3. The van der Waals surface area contributed by atoms with Gasteiger partial charge in [-0.15, -0.1) is 0 Å². The van der Waals surface area contributed by atoms with Crippen molar-refractivity contribution < 1.29 is 21.2 Å². The summed E-state index contributed by atoms with van der Waals surface area (Å²) in [6.45, 7) is 2.42. The molecule has 1 aliphatic rings. The normalized spacial score (nSPS) is 14.7. The van der Waals surface area contributed by atoms with Crippen LogP contribution in [0.25, 0.3) is 0 Å². The van der Waals surface area contributed by atoms with Gasteiger partial charge in [0.25, 0.3) is 0 Å². The Hall–Kier alpha value is -2.75. The van der Waals surface area contributed by atoms with E-state index in [0.717, 1.165) is 16.7 Å². The van der Waals surface area contributed by atoms with Crippen LogP contribution in [0.2, 0.25) is 0 Å². The average molecular weight is 475 g/mol. The van der Waals surface area contributed by atoms with E-state index in [2.05, 4.69) is 4.72 Å². The van der Waals surface area contributed by atoms with E-state index >= 15 is 0 Å². The molecule has 0 aromatic heterocycles. The van der Waals surface area contributed by atoms with Gasteiger partial charge in [-0.3, -0.25) is 4.72 Å². The lowest BCUT2D eigenvalue weighted by atomic mass is 10.0. The first-order valence-corrected chi connectivity index (χ1v) is 13.2. The van der Waals surface area contributed by atoms with Gasteiger partial charge in [0.1, 0.15) is 5.82 Å². The summed E-state index contributed by atoms with van der Waals surface area (Å²) in [6.07, 6.45) is 0.545. The number of fused-ring (bicyclic) bond motifs is 1. The Labute approximate surface area is 187 Å². The summed E-state index contributed by atoms with van der Waals surface area (Å²) in [4.78, 5) is 0.239. The van der Waals surface area contributed by atoms with Crippen molar-refractivity contribution in [1.82, 2.24) is 4.31 Å². The van der Waals surface area contributed by atoms with Crippen LogP contribution in [0.4, 0.5) is 10.1 Å². The maximum Gasteiger partial charge on any atom is 0.243 e. The molecule has 0 saturated carbocycles. The molecule has 3 aromatic carbocycles. The number of hydrogen-bond acceptors (Lipinski definition) is 4. The molecule has 9 heteroatoms. The third-order valence-electron chi connectivity index (χ3n) is 5.39. The fraction of sp³-hybridized carbons (Fsp3) is 0.217. The van der Waals surface area contributed by atoms with E-state index in [1.54, 1.807) is 36.4 Å². The number of benzene rings is 3. The molecule has 6 nitrogen and oxygen atoms in total. The van der Waals surface area contributed by atoms with Crippen molar-refractivity contribution in [2.24, 2.45) is 0 Å². The second-order valence-electron chi connectivity index (χ2n) is 7.87. The van der Waals surface area contributed by atoms with Gasteiger partial charge in [-0.1, -0.05) is 35.9 Å². The van der Waals surface area contributed by atoms with E-state index in [1.807, 2.05) is 13.0 Å². The van der Waals surface area contributed by atoms with Crippen molar-refractivity contribution in [3.8, 4) is 0 Å². The lowest BCUT2D eigenvalue weighted by Gasteiger charge is -2.28. The number of sulfonamides is 2. The second kappa shape index (κ2) is 8.65. The predicted octanol–water partition coefficient (Wildman–Crippen LogP) is 3.82. The monoisotopic (exact) mass is 474 g/mol. The molecule has 0 amide bonds. The van der Waals surface area contributed by atoms with Crippen LogP contribution in [-0.2, 0) is 38.8 Å². The molecular formula is C23H23FN2O4S2. The minimum Gasteiger partial charge on any atom is -0.283 e.